The first-order valence-electron chi connectivity index (χ1n) is 5.68. The molecule has 3 N–H and O–H groups in total. The van der Waals surface area contributed by atoms with E-state index in [0.29, 0.717) is 13.2 Å². The minimum atomic E-state index is -0.0663. The summed E-state index contributed by atoms with van der Waals surface area (Å²) in [5.74, 6) is 5.68. The van der Waals surface area contributed by atoms with E-state index in [1.165, 1.54) is 11.1 Å². The molecule has 0 saturated carbocycles. The van der Waals surface area contributed by atoms with Gasteiger partial charge < -0.3 is 4.74 Å². The SMILES string of the molecule is NNC(c1ccc2c(c1)COC2)c1sccc1Cl. The Bertz CT molecular complexity index is 570. The van der Waals surface area contributed by atoms with E-state index in [-0.39, 0.29) is 6.04 Å². The Morgan fingerprint density at radius 3 is 2.83 bits per heavy atom. The van der Waals surface area contributed by atoms with E-state index in [9.17, 15) is 0 Å². The van der Waals surface area contributed by atoms with Crippen LogP contribution in [0.25, 0.3) is 0 Å². The van der Waals surface area contributed by atoms with Crippen LogP contribution in [0.1, 0.15) is 27.6 Å². The topological polar surface area (TPSA) is 47.3 Å². The molecule has 1 unspecified atom stereocenters. The molecular formula is C13H13ClN2OS. The van der Waals surface area contributed by atoms with Gasteiger partial charge in [0, 0.05) is 4.88 Å². The molecule has 1 aromatic heterocycles. The van der Waals surface area contributed by atoms with Gasteiger partial charge in [-0.2, -0.15) is 0 Å². The highest BCUT2D eigenvalue weighted by molar-refractivity contribution is 7.10. The second-order valence-electron chi connectivity index (χ2n) is 4.25. The van der Waals surface area contributed by atoms with E-state index in [2.05, 4.69) is 23.6 Å². The minimum absolute atomic E-state index is 0.0663. The molecule has 1 aliphatic heterocycles. The zero-order chi connectivity index (χ0) is 12.5. The van der Waals surface area contributed by atoms with Crippen LogP contribution in [0.4, 0.5) is 0 Å². The molecule has 0 aliphatic carbocycles. The lowest BCUT2D eigenvalue weighted by Crippen LogP contribution is -2.28. The normalized spacial score (nSPS) is 15.7. The fraction of sp³-hybridized carbons (Fsp3) is 0.231. The highest BCUT2D eigenvalue weighted by Crippen LogP contribution is 2.34. The predicted octanol–water partition coefficient (Wildman–Crippen LogP) is 2.98. The third-order valence-electron chi connectivity index (χ3n) is 3.15. The summed E-state index contributed by atoms with van der Waals surface area (Å²) < 4.78 is 5.42. The number of fused-ring (bicyclic) bond motifs is 1. The molecule has 0 radical (unpaired) electrons. The van der Waals surface area contributed by atoms with Crippen LogP contribution in [0.5, 0.6) is 0 Å². The zero-order valence-corrected chi connectivity index (χ0v) is 11.2. The number of hydrogen-bond acceptors (Lipinski definition) is 4. The molecule has 2 heterocycles. The van der Waals surface area contributed by atoms with Gasteiger partial charge in [0.25, 0.3) is 0 Å². The van der Waals surface area contributed by atoms with E-state index >= 15 is 0 Å². The van der Waals surface area contributed by atoms with Crippen molar-refractivity contribution in [3.05, 3.63) is 56.2 Å². The molecule has 2 aromatic rings. The van der Waals surface area contributed by atoms with Crippen molar-refractivity contribution in [3.8, 4) is 0 Å². The lowest BCUT2D eigenvalue weighted by Gasteiger charge is -2.16. The van der Waals surface area contributed by atoms with Crippen LogP contribution in [0.15, 0.2) is 29.6 Å². The van der Waals surface area contributed by atoms with Crippen LogP contribution in [-0.4, -0.2) is 0 Å². The van der Waals surface area contributed by atoms with Crippen LogP contribution >= 0.6 is 22.9 Å². The van der Waals surface area contributed by atoms with Gasteiger partial charge in [-0.25, -0.2) is 5.43 Å². The highest BCUT2D eigenvalue weighted by Gasteiger charge is 2.19. The van der Waals surface area contributed by atoms with Gasteiger partial charge in [0.2, 0.25) is 0 Å². The molecule has 0 bridgehead atoms. The molecule has 5 heteroatoms. The number of nitrogens with two attached hydrogens (primary N) is 1. The molecule has 94 valence electrons. The van der Waals surface area contributed by atoms with Gasteiger partial charge in [0.05, 0.1) is 24.3 Å². The molecule has 1 atom stereocenters. The van der Waals surface area contributed by atoms with Crippen molar-refractivity contribution in [2.24, 2.45) is 5.84 Å². The van der Waals surface area contributed by atoms with Gasteiger partial charge >= 0.3 is 0 Å². The van der Waals surface area contributed by atoms with Gasteiger partial charge in [-0.1, -0.05) is 29.8 Å². The van der Waals surface area contributed by atoms with Crippen molar-refractivity contribution < 1.29 is 4.74 Å². The summed E-state index contributed by atoms with van der Waals surface area (Å²) in [7, 11) is 0. The van der Waals surface area contributed by atoms with Gasteiger partial charge in [-0.3, -0.25) is 5.84 Å². The van der Waals surface area contributed by atoms with Gasteiger partial charge in [-0.05, 0) is 28.1 Å². The Morgan fingerprint density at radius 1 is 1.28 bits per heavy atom. The predicted molar refractivity (Wildman–Crippen MR) is 73.4 cm³/mol. The molecule has 3 nitrogen and oxygen atoms in total. The number of thiophene rings is 1. The second kappa shape index (κ2) is 4.99. The fourth-order valence-corrected chi connectivity index (χ4v) is 3.46. The van der Waals surface area contributed by atoms with E-state index in [0.717, 1.165) is 15.5 Å². The maximum absolute atomic E-state index is 6.17. The Morgan fingerprint density at radius 2 is 2.11 bits per heavy atom. The summed E-state index contributed by atoms with van der Waals surface area (Å²) in [4.78, 5) is 1.04. The van der Waals surface area contributed by atoms with Gasteiger partial charge in [0.1, 0.15) is 0 Å². The van der Waals surface area contributed by atoms with Gasteiger partial charge in [-0.15, -0.1) is 11.3 Å². The van der Waals surface area contributed by atoms with Crippen molar-refractivity contribution in [1.29, 1.82) is 0 Å². The Hall–Kier alpha value is -0.910. The molecule has 1 aromatic carbocycles. The average molecular weight is 281 g/mol. The highest BCUT2D eigenvalue weighted by atomic mass is 35.5. The maximum atomic E-state index is 6.17. The third-order valence-corrected chi connectivity index (χ3v) is 4.58. The second-order valence-corrected chi connectivity index (χ2v) is 5.61. The number of rotatable bonds is 3. The van der Waals surface area contributed by atoms with Crippen molar-refractivity contribution in [2.75, 3.05) is 0 Å². The standard InChI is InChI=1S/C13H13ClN2OS/c14-11-3-4-18-13(11)12(16-15)8-1-2-9-6-17-7-10(9)5-8/h1-5,12,16H,6-7,15H2. The molecule has 18 heavy (non-hydrogen) atoms. The average Bonchev–Trinajstić information content (AvgIpc) is 2.99. The van der Waals surface area contributed by atoms with E-state index in [4.69, 9.17) is 22.2 Å². The summed E-state index contributed by atoms with van der Waals surface area (Å²) in [5, 5.41) is 2.72. The summed E-state index contributed by atoms with van der Waals surface area (Å²) >= 11 is 7.78. The van der Waals surface area contributed by atoms with Crippen LogP contribution in [0.2, 0.25) is 5.02 Å². The number of nitrogens with one attached hydrogen (secondary N) is 1. The van der Waals surface area contributed by atoms with Crippen LogP contribution in [0.3, 0.4) is 0 Å². The Labute approximate surface area is 114 Å². The van der Waals surface area contributed by atoms with Crippen LogP contribution < -0.4 is 11.3 Å². The lowest BCUT2D eigenvalue weighted by molar-refractivity contribution is 0.134. The third kappa shape index (κ3) is 2.06. The molecule has 0 spiro atoms. The fourth-order valence-electron chi connectivity index (χ4n) is 2.21. The summed E-state index contributed by atoms with van der Waals surface area (Å²) in [6.45, 7) is 1.38. The molecule has 0 amide bonds. The number of ether oxygens (including phenoxy) is 1. The summed E-state index contributed by atoms with van der Waals surface area (Å²) in [6.07, 6.45) is 0. The van der Waals surface area contributed by atoms with Crippen LogP contribution in [0, 0.1) is 0 Å². The van der Waals surface area contributed by atoms with Crippen molar-refractivity contribution in [3.63, 3.8) is 0 Å². The summed E-state index contributed by atoms with van der Waals surface area (Å²) in [6, 6.07) is 8.14. The minimum Gasteiger partial charge on any atom is -0.372 e. The summed E-state index contributed by atoms with van der Waals surface area (Å²) in [5.41, 5.74) is 6.45. The maximum Gasteiger partial charge on any atom is 0.0817 e. The first-order valence-corrected chi connectivity index (χ1v) is 6.94. The van der Waals surface area contributed by atoms with Gasteiger partial charge in [0.15, 0.2) is 0 Å². The lowest BCUT2D eigenvalue weighted by atomic mass is 10.0. The zero-order valence-electron chi connectivity index (χ0n) is 9.65. The number of benzene rings is 1. The first kappa shape index (κ1) is 12.1. The molecule has 0 saturated heterocycles. The Kier molecular flexibility index (Phi) is 3.37. The smallest absolute Gasteiger partial charge is 0.0817 e. The number of hydrogen-bond donors (Lipinski definition) is 2. The van der Waals surface area contributed by atoms with E-state index < -0.39 is 0 Å². The first-order chi connectivity index (χ1) is 8.79. The van der Waals surface area contributed by atoms with E-state index in [1.54, 1.807) is 11.3 Å². The Balaban J connectivity index is 2.00. The largest absolute Gasteiger partial charge is 0.372 e. The molecule has 3 rings (SSSR count). The number of halogens is 1. The van der Waals surface area contributed by atoms with Crippen molar-refractivity contribution in [1.82, 2.24) is 5.43 Å². The van der Waals surface area contributed by atoms with Crippen molar-refractivity contribution >= 4 is 22.9 Å². The van der Waals surface area contributed by atoms with Crippen molar-refractivity contribution in [2.45, 2.75) is 19.3 Å². The quantitative estimate of drug-likeness (QED) is 0.671. The van der Waals surface area contributed by atoms with E-state index in [1.807, 2.05) is 11.4 Å². The molecule has 1 aliphatic rings. The molecular weight excluding hydrogens is 268 g/mol. The monoisotopic (exact) mass is 280 g/mol. The number of hydrazine groups is 1. The molecule has 0 fully saturated rings. The van der Waals surface area contributed by atoms with Crippen LogP contribution in [-0.2, 0) is 18.0 Å².